The van der Waals surface area contributed by atoms with Crippen molar-refractivity contribution in [1.29, 1.82) is 0 Å². The van der Waals surface area contributed by atoms with Crippen LogP contribution in [0.5, 0.6) is 0 Å². The summed E-state index contributed by atoms with van der Waals surface area (Å²) < 4.78 is 11.9. The first-order chi connectivity index (χ1) is 16.5. The molecule has 2 heterocycles. The van der Waals surface area contributed by atoms with Gasteiger partial charge in [0.05, 0.1) is 33.7 Å². The van der Waals surface area contributed by atoms with Crippen molar-refractivity contribution in [3.63, 3.8) is 0 Å². The number of fused-ring (bicyclic) bond motifs is 6. The van der Waals surface area contributed by atoms with E-state index >= 15 is 0 Å². The lowest BCUT2D eigenvalue weighted by Crippen LogP contribution is -2.72. The van der Waals surface area contributed by atoms with Gasteiger partial charge in [-0.15, -0.1) is 11.6 Å². The number of hydrogen-bond donors (Lipinski definition) is 4. The molecule has 2 aliphatic heterocycles. The van der Waals surface area contributed by atoms with Crippen LogP contribution in [0.3, 0.4) is 0 Å². The van der Waals surface area contributed by atoms with E-state index in [-0.39, 0.29) is 23.5 Å². The SMILES string of the molecule is C[C@H]([C@H]1C[C@]2(C)O[C@]2(C)[C@H](O)O1)[C@]1(O)CC[C@]2(O)[C@@H]3C[C@@H](O)[C@@]4(Cl)CC=CC(=O)[C@]4(C)[C@H]3CC[C@]12C. The van der Waals surface area contributed by atoms with Gasteiger partial charge in [-0.05, 0) is 70.3 Å². The molecule has 0 aromatic heterocycles. The van der Waals surface area contributed by atoms with Crippen LogP contribution in [0.15, 0.2) is 12.2 Å². The van der Waals surface area contributed by atoms with Gasteiger partial charge in [0.1, 0.15) is 11.2 Å². The Morgan fingerprint density at radius 1 is 1.08 bits per heavy atom. The Morgan fingerprint density at radius 2 is 1.78 bits per heavy atom. The maximum absolute atomic E-state index is 13.3. The summed E-state index contributed by atoms with van der Waals surface area (Å²) in [6, 6.07) is 0. The number of epoxide rings is 1. The first-order valence-electron chi connectivity index (χ1n) is 13.6. The summed E-state index contributed by atoms with van der Waals surface area (Å²) in [6.45, 7) is 9.60. The van der Waals surface area contributed by atoms with Crippen LogP contribution in [0, 0.1) is 28.6 Å². The maximum atomic E-state index is 13.3. The van der Waals surface area contributed by atoms with Gasteiger partial charge < -0.3 is 29.9 Å². The fraction of sp³-hybridized carbons (Fsp3) is 0.893. The number of ketones is 1. The summed E-state index contributed by atoms with van der Waals surface area (Å²) in [6.07, 6.45) is 4.05. The van der Waals surface area contributed by atoms with Crippen molar-refractivity contribution >= 4 is 17.4 Å². The third kappa shape index (κ3) is 2.60. The van der Waals surface area contributed by atoms with Crippen LogP contribution in [-0.2, 0) is 14.3 Å². The van der Waals surface area contributed by atoms with Crippen LogP contribution >= 0.6 is 11.6 Å². The summed E-state index contributed by atoms with van der Waals surface area (Å²) >= 11 is 7.06. The van der Waals surface area contributed by atoms with Gasteiger partial charge in [0, 0.05) is 17.8 Å². The van der Waals surface area contributed by atoms with Gasteiger partial charge in [-0.3, -0.25) is 4.79 Å². The second-order valence-electron chi connectivity index (χ2n) is 13.7. The van der Waals surface area contributed by atoms with Crippen molar-refractivity contribution in [2.75, 3.05) is 0 Å². The van der Waals surface area contributed by atoms with Crippen molar-refractivity contribution in [3.8, 4) is 0 Å². The number of aliphatic hydroxyl groups is 4. The second-order valence-corrected chi connectivity index (χ2v) is 14.4. The molecule has 4 N–H and O–H groups in total. The van der Waals surface area contributed by atoms with E-state index in [2.05, 4.69) is 0 Å². The summed E-state index contributed by atoms with van der Waals surface area (Å²) in [5.41, 5.74) is -5.63. The lowest BCUT2D eigenvalue weighted by molar-refractivity contribution is -0.264. The Hall–Kier alpha value is -0.540. The molecule has 0 radical (unpaired) electrons. The summed E-state index contributed by atoms with van der Waals surface area (Å²) in [7, 11) is 0. The highest BCUT2D eigenvalue weighted by atomic mass is 35.5. The molecule has 0 amide bonds. The Morgan fingerprint density at radius 3 is 2.44 bits per heavy atom. The summed E-state index contributed by atoms with van der Waals surface area (Å²) in [5.74, 6) is -1.02. The predicted octanol–water partition coefficient (Wildman–Crippen LogP) is 2.84. The number of carbonyl (C=O) groups excluding carboxylic acids is 1. The average Bonchev–Trinajstić information content (AvgIpc) is 3.32. The molecule has 202 valence electrons. The standard InChI is InChI=1S/C28H41ClO7/c1-15(18-14-23(3)25(5,36-23)21(32)35-18)27(33)11-12-28(34)17-13-20(31)26(29)9-6-7-19(30)24(26,4)16(17)8-10-22(27,28)2/h6-7,15-18,20-21,31-34H,8-14H2,1-5H3/t15-,16+,17-,18-,20-,21-,22-,23+,24+,25-,26+,27-,28+/m1/s1. The molecule has 8 heteroatoms. The van der Waals surface area contributed by atoms with Crippen LogP contribution in [-0.4, -0.2) is 72.0 Å². The maximum Gasteiger partial charge on any atom is 0.186 e. The minimum atomic E-state index is -1.27. The number of rotatable bonds is 2. The summed E-state index contributed by atoms with van der Waals surface area (Å²) in [5, 5.41) is 46.8. The Bertz CT molecular complexity index is 1040. The largest absolute Gasteiger partial charge is 0.391 e. The molecule has 6 rings (SSSR count). The molecule has 36 heavy (non-hydrogen) atoms. The number of carbonyl (C=O) groups is 1. The zero-order valence-corrected chi connectivity index (χ0v) is 22.7. The highest BCUT2D eigenvalue weighted by molar-refractivity contribution is 6.28. The van der Waals surface area contributed by atoms with Crippen LogP contribution in [0.2, 0.25) is 0 Å². The first-order valence-corrected chi connectivity index (χ1v) is 14.0. The van der Waals surface area contributed by atoms with E-state index in [1.54, 1.807) is 12.2 Å². The van der Waals surface area contributed by atoms with E-state index in [0.717, 1.165) is 0 Å². The van der Waals surface area contributed by atoms with Gasteiger partial charge in [-0.2, -0.15) is 0 Å². The molecule has 4 aliphatic carbocycles. The van der Waals surface area contributed by atoms with Gasteiger partial charge in [-0.25, -0.2) is 0 Å². The molecule has 0 bridgehead atoms. The molecule has 0 aromatic rings. The minimum absolute atomic E-state index is 0.0864. The van der Waals surface area contributed by atoms with Crippen LogP contribution in [0.4, 0.5) is 0 Å². The van der Waals surface area contributed by atoms with Crippen LogP contribution < -0.4 is 0 Å². The molecule has 2 saturated heterocycles. The predicted molar refractivity (Wildman–Crippen MR) is 132 cm³/mol. The molecule has 0 aromatic carbocycles. The molecular formula is C28H41ClO7. The van der Waals surface area contributed by atoms with Crippen molar-refractivity contribution in [2.24, 2.45) is 28.6 Å². The van der Waals surface area contributed by atoms with Crippen molar-refractivity contribution < 1.29 is 34.7 Å². The fourth-order valence-electron chi connectivity index (χ4n) is 9.75. The van der Waals surface area contributed by atoms with Crippen LogP contribution in [0.1, 0.15) is 79.6 Å². The smallest absolute Gasteiger partial charge is 0.186 e. The van der Waals surface area contributed by atoms with Gasteiger partial charge in [0.15, 0.2) is 12.1 Å². The molecular weight excluding hydrogens is 484 g/mol. The molecule has 6 aliphatic rings. The Balaban J connectivity index is 1.35. The van der Waals surface area contributed by atoms with E-state index in [1.807, 2.05) is 34.6 Å². The fourth-order valence-corrected chi connectivity index (χ4v) is 10.2. The number of aliphatic hydroxyl groups excluding tert-OH is 2. The lowest BCUT2D eigenvalue weighted by Gasteiger charge is -2.66. The Labute approximate surface area is 218 Å². The highest BCUT2D eigenvalue weighted by Crippen LogP contribution is 2.72. The van der Waals surface area contributed by atoms with Crippen molar-refractivity contribution in [1.82, 2.24) is 0 Å². The minimum Gasteiger partial charge on any atom is -0.391 e. The van der Waals surface area contributed by atoms with E-state index < -0.39 is 56.6 Å². The number of ether oxygens (including phenoxy) is 2. The molecule has 5 fully saturated rings. The molecule has 3 saturated carbocycles. The van der Waals surface area contributed by atoms with Crippen LogP contribution in [0.25, 0.3) is 0 Å². The highest BCUT2D eigenvalue weighted by Gasteiger charge is 2.78. The zero-order chi connectivity index (χ0) is 26.3. The molecule has 13 atom stereocenters. The Kier molecular flexibility index (Phi) is 5.11. The average molecular weight is 525 g/mol. The van der Waals surface area contributed by atoms with Gasteiger partial charge in [0.2, 0.25) is 0 Å². The van der Waals surface area contributed by atoms with E-state index in [0.29, 0.717) is 44.9 Å². The van der Waals surface area contributed by atoms with Gasteiger partial charge in [-0.1, -0.05) is 26.8 Å². The summed E-state index contributed by atoms with van der Waals surface area (Å²) in [4.78, 5) is 12.2. The lowest BCUT2D eigenvalue weighted by atomic mass is 9.42. The van der Waals surface area contributed by atoms with E-state index in [1.165, 1.54) is 0 Å². The van der Waals surface area contributed by atoms with E-state index in [9.17, 15) is 25.2 Å². The number of allylic oxidation sites excluding steroid dienone is 2. The quantitative estimate of drug-likeness (QED) is 0.324. The molecule has 0 spiro atoms. The normalized spacial score (nSPS) is 62.6. The third-order valence-corrected chi connectivity index (χ3v) is 13.6. The van der Waals surface area contributed by atoms with Gasteiger partial charge >= 0.3 is 0 Å². The topological polar surface area (TPSA) is 120 Å². The number of alkyl halides is 1. The monoisotopic (exact) mass is 524 g/mol. The first kappa shape index (κ1) is 25.7. The number of halogens is 1. The van der Waals surface area contributed by atoms with Crippen molar-refractivity contribution in [2.45, 2.75) is 125 Å². The zero-order valence-electron chi connectivity index (χ0n) is 22.0. The van der Waals surface area contributed by atoms with E-state index in [4.69, 9.17) is 21.1 Å². The molecule has 0 unspecified atom stereocenters. The van der Waals surface area contributed by atoms with Crippen molar-refractivity contribution in [3.05, 3.63) is 12.2 Å². The second kappa shape index (κ2) is 7.15. The molecule has 7 nitrogen and oxygen atoms in total. The van der Waals surface area contributed by atoms with Gasteiger partial charge in [0.25, 0.3) is 0 Å². The number of hydrogen-bond acceptors (Lipinski definition) is 7. The third-order valence-electron chi connectivity index (χ3n) is 12.8.